The third-order valence-corrected chi connectivity index (χ3v) is 5.09. The second-order valence-electron chi connectivity index (χ2n) is 4.94. The molecule has 1 nitrogen and oxygen atoms in total. The maximum absolute atomic E-state index is 6.39. The fourth-order valence-electron chi connectivity index (χ4n) is 2.20. The number of halogens is 2. The van der Waals surface area contributed by atoms with Crippen LogP contribution >= 0.6 is 34.2 Å². The van der Waals surface area contributed by atoms with Crippen LogP contribution in [-0.4, -0.2) is 0 Å². The quantitative estimate of drug-likeness (QED) is 0.730. The molecule has 1 unspecified atom stereocenters. The lowest BCUT2D eigenvalue weighted by Crippen LogP contribution is -2.14. The zero-order valence-electron chi connectivity index (χ0n) is 11.3. The molecular weight excluding hydrogens is 369 g/mol. The average Bonchev–Trinajstić information content (AvgIpc) is 2.36. The third kappa shape index (κ3) is 3.12. The van der Waals surface area contributed by atoms with Gasteiger partial charge in [0.05, 0.1) is 11.1 Å². The van der Waals surface area contributed by atoms with Gasteiger partial charge in [-0.05, 0) is 83.3 Å². The van der Waals surface area contributed by atoms with Crippen LogP contribution in [0.3, 0.4) is 0 Å². The number of benzene rings is 2. The normalized spacial score (nSPS) is 12.5. The summed E-state index contributed by atoms with van der Waals surface area (Å²) in [5.74, 6) is 0. The highest BCUT2D eigenvalue weighted by atomic mass is 127. The minimum atomic E-state index is -0.131. The molecule has 1 atom stereocenters. The zero-order valence-corrected chi connectivity index (χ0v) is 14.2. The molecule has 0 aliphatic carbocycles. The van der Waals surface area contributed by atoms with Crippen molar-refractivity contribution in [3.8, 4) is 0 Å². The summed E-state index contributed by atoms with van der Waals surface area (Å²) in [5, 5.41) is 0.759. The van der Waals surface area contributed by atoms with Crippen molar-refractivity contribution < 1.29 is 0 Å². The highest BCUT2D eigenvalue weighted by Crippen LogP contribution is 2.28. The first-order chi connectivity index (χ1) is 8.90. The van der Waals surface area contributed by atoms with Crippen molar-refractivity contribution in [3.63, 3.8) is 0 Å². The minimum Gasteiger partial charge on any atom is -0.320 e. The van der Waals surface area contributed by atoms with Crippen molar-refractivity contribution in [2.75, 3.05) is 0 Å². The number of hydrogen-bond donors (Lipinski definition) is 1. The van der Waals surface area contributed by atoms with E-state index in [4.69, 9.17) is 17.3 Å². The van der Waals surface area contributed by atoms with Gasteiger partial charge in [-0.25, -0.2) is 0 Å². The number of aryl methyl sites for hydroxylation is 3. The molecule has 0 aromatic heterocycles. The Morgan fingerprint density at radius 3 is 2.26 bits per heavy atom. The summed E-state index contributed by atoms with van der Waals surface area (Å²) in [4.78, 5) is 0. The van der Waals surface area contributed by atoms with E-state index in [-0.39, 0.29) is 6.04 Å². The van der Waals surface area contributed by atoms with Crippen LogP contribution in [0.25, 0.3) is 0 Å². The second kappa shape index (κ2) is 5.81. The molecule has 0 amide bonds. The molecule has 0 saturated heterocycles. The van der Waals surface area contributed by atoms with Gasteiger partial charge in [-0.15, -0.1) is 0 Å². The molecule has 0 aliphatic rings. The molecule has 0 saturated carbocycles. The topological polar surface area (TPSA) is 26.0 Å². The van der Waals surface area contributed by atoms with Gasteiger partial charge >= 0.3 is 0 Å². The van der Waals surface area contributed by atoms with Gasteiger partial charge in [-0.1, -0.05) is 29.8 Å². The van der Waals surface area contributed by atoms with Crippen molar-refractivity contribution in [2.45, 2.75) is 26.8 Å². The van der Waals surface area contributed by atoms with E-state index in [1.54, 1.807) is 0 Å². The first kappa shape index (κ1) is 14.8. The number of rotatable bonds is 2. The summed E-state index contributed by atoms with van der Waals surface area (Å²) < 4.78 is 1.05. The Morgan fingerprint density at radius 2 is 1.63 bits per heavy atom. The van der Waals surface area contributed by atoms with Crippen LogP contribution in [0.5, 0.6) is 0 Å². The van der Waals surface area contributed by atoms with Gasteiger partial charge in [-0.3, -0.25) is 0 Å². The molecule has 2 rings (SSSR count). The molecular formula is C16H17ClIN. The first-order valence-corrected chi connectivity index (χ1v) is 7.64. The molecule has 0 heterocycles. The Labute approximate surface area is 133 Å². The van der Waals surface area contributed by atoms with Gasteiger partial charge in [0, 0.05) is 3.57 Å². The van der Waals surface area contributed by atoms with Crippen LogP contribution in [0.2, 0.25) is 5.02 Å². The average molecular weight is 386 g/mol. The van der Waals surface area contributed by atoms with Gasteiger partial charge < -0.3 is 5.73 Å². The van der Waals surface area contributed by atoms with Crippen LogP contribution in [0, 0.1) is 24.3 Å². The molecule has 0 spiro atoms. The molecule has 0 bridgehead atoms. The maximum atomic E-state index is 6.39. The van der Waals surface area contributed by atoms with E-state index in [1.807, 2.05) is 18.2 Å². The summed E-state index contributed by atoms with van der Waals surface area (Å²) in [5.41, 5.74) is 12.4. The van der Waals surface area contributed by atoms with Gasteiger partial charge in [0.2, 0.25) is 0 Å². The van der Waals surface area contributed by atoms with Gasteiger partial charge in [0.25, 0.3) is 0 Å². The van der Waals surface area contributed by atoms with E-state index in [0.717, 1.165) is 14.2 Å². The minimum absolute atomic E-state index is 0.131. The van der Waals surface area contributed by atoms with E-state index in [2.05, 4.69) is 55.5 Å². The lowest BCUT2D eigenvalue weighted by atomic mass is 9.92. The van der Waals surface area contributed by atoms with Crippen LogP contribution in [0.1, 0.15) is 33.9 Å². The Bertz CT molecular complexity index is 622. The highest BCUT2D eigenvalue weighted by molar-refractivity contribution is 14.1. The molecule has 100 valence electrons. The highest BCUT2D eigenvalue weighted by Gasteiger charge is 2.13. The molecule has 2 aromatic carbocycles. The monoisotopic (exact) mass is 385 g/mol. The molecule has 2 N–H and O–H groups in total. The predicted octanol–water partition coefficient (Wildman–Crippen LogP) is 4.92. The third-order valence-electron chi connectivity index (χ3n) is 3.52. The van der Waals surface area contributed by atoms with Crippen LogP contribution < -0.4 is 5.73 Å². The van der Waals surface area contributed by atoms with Crippen LogP contribution in [-0.2, 0) is 0 Å². The molecule has 0 fully saturated rings. The Morgan fingerprint density at radius 1 is 1.00 bits per heavy atom. The van der Waals surface area contributed by atoms with Gasteiger partial charge in [0.15, 0.2) is 0 Å². The van der Waals surface area contributed by atoms with E-state index in [9.17, 15) is 0 Å². The molecule has 19 heavy (non-hydrogen) atoms. The van der Waals surface area contributed by atoms with Gasteiger partial charge in [-0.2, -0.15) is 0 Å². The number of hydrogen-bond acceptors (Lipinski definition) is 1. The van der Waals surface area contributed by atoms with Crippen molar-refractivity contribution in [1.82, 2.24) is 0 Å². The predicted molar refractivity (Wildman–Crippen MR) is 90.9 cm³/mol. The fraction of sp³-hybridized carbons (Fsp3) is 0.250. The molecule has 2 aromatic rings. The first-order valence-electron chi connectivity index (χ1n) is 6.18. The summed E-state index contributed by atoms with van der Waals surface area (Å²) >= 11 is 8.40. The Kier molecular flexibility index (Phi) is 4.54. The van der Waals surface area contributed by atoms with Crippen molar-refractivity contribution >= 4 is 34.2 Å². The molecule has 3 heteroatoms. The summed E-state index contributed by atoms with van der Waals surface area (Å²) in [7, 11) is 0. The lowest BCUT2D eigenvalue weighted by molar-refractivity contribution is 0.858. The van der Waals surface area contributed by atoms with E-state index in [0.29, 0.717) is 0 Å². The fourth-order valence-corrected chi connectivity index (χ4v) is 2.73. The second-order valence-corrected chi connectivity index (χ2v) is 6.51. The Balaban J connectivity index is 2.46. The molecule has 0 radical (unpaired) electrons. The standard InChI is InChI=1S/C16H17ClIN/c1-9-6-11(3)13(7-10(9)2)16(19)12-4-5-15(18)14(17)8-12/h4-8,16H,19H2,1-3H3. The molecule has 0 aliphatic heterocycles. The smallest absolute Gasteiger partial charge is 0.0554 e. The van der Waals surface area contributed by atoms with E-state index < -0.39 is 0 Å². The van der Waals surface area contributed by atoms with Gasteiger partial charge in [0.1, 0.15) is 0 Å². The SMILES string of the molecule is Cc1cc(C)c(C(N)c2ccc(I)c(Cl)c2)cc1C. The zero-order chi connectivity index (χ0) is 14.2. The van der Waals surface area contributed by atoms with Crippen molar-refractivity contribution in [2.24, 2.45) is 5.73 Å². The van der Waals surface area contributed by atoms with Crippen molar-refractivity contribution in [1.29, 1.82) is 0 Å². The van der Waals surface area contributed by atoms with E-state index in [1.165, 1.54) is 22.3 Å². The Hall–Kier alpha value is -0.580. The summed E-state index contributed by atoms with van der Waals surface area (Å²) in [6.45, 7) is 6.35. The lowest BCUT2D eigenvalue weighted by Gasteiger charge is -2.18. The maximum Gasteiger partial charge on any atom is 0.0554 e. The van der Waals surface area contributed by atoms with Crippen LogP contribution in [0.4, 0.5) is 0 Å². The van der Waals surface area contributed by atoms with Crippen LogP contribution in [0.15, 0.2) is 30.3 Å². The largest absolute Gasteiger partial charge is 0.320 e. The van der Waals surface area contributed by atoms with E-state index >= 15 is 0 Å². The number of nitrogens with two attached hydrogens (primary N) is 1. The summed E-state index contributed by atoms with van der Waals surface area (Å²) in [6.07, 6.45) is 0. The van der Waals surface area contributed by atoms with Crippen molar-refractivity contribution in [3.05, 3.63) is 66.7 Å². The summed E-state index contributed by atoms with van der Waals surface area (Å²) in [6, 6.07) is 10.3.